The van der Waals surface area contributed by atoms with Crippen LogP contribution in [0.15, 0.2) is 24.3 Å². The first-order chi connectivity index (χ1) is 12.6. The minimum Gasteiger partial charge on any atom is -0.342 e. The monoisotopic (exact) mass is 374 g/mol. The molecule has 2 saturated heterocycles. The van der Waals surface area contributed by atoms with Gasteiger partial charge in [0.25, 0.3) is 0 Å². The van der Waals surface area contributed by atoms with Gasteiger partial charge in [0, 0.05) is 37.1 Å². The Balaban J connectivity index is 1.36. The number of benzene rings is 1. The molecule has 26 heavy (non-hydrogen) atoms. The lowest BCUT2D eigenvalue weighted by Gasteiger charge is -2.37. The lowest BCUT2D eigenvalue weighted by atomic mass is 9.90. The molecule has 5 heteroatoms. The molecule has 2 aliphatic heterocycles. The van der Waals surface area contributed by atoms with Crippen LogP contribution < -0.4 is 0 Å². The van der Waals surface area contributed by atoms with Crippen LogP contribution in [-0.4, -0.2) is 47.8 Å². The van der Waals surface area contributed by atoms with Crippen molar-refractivity contribution >= 4 is 23.4 Å². The standard InChI is InChI=1S/C21H27ClN2O2/c22-18-6-4-17(5-7-18)21(10-11-21)20(26)24-14-8-16(9-15-24)19(25)23-12-2-1-3-13-23/h4-7,16H,1-3,8-15H2. The fourth-order valence-electron chi connectivity index (χ4n) is 4.52. The van der Waals surface area contributed by atoms with Gasteiger partial charge in [-0.1, -0.05) is 23.7 Å². The summed E-state index contributed by atoms with van der Waals surface area (Å²) in [5.41, 5.74) is 0.743. The van der Waals surface area contributed by atoms with E-state index in [1.54, 1.807) is 0 Å². The Hall–Kier alpha value is -1.55. The summed E-state index contributed by atoms with van der Waals surface area (Å²) >= 11 is 5.99. The Kier molecular flexibility index (Phi) is 4.96. The van der Waals surface area contributed by atoms with Gasteiger partial charge in [0.15, 0.2) is 0 Å². The first-order valence-corrected chi connectivity index (χ1v) is 10.3. The molecule has 0 bridgehead atoms. The highest BCUT2D eigenvalue weighted by Gasteiger charge is 2.53. The van der Waals surface area contributed by atoms with E-state index in [1.165, 1.54) is 6.42 Å². The van der Waals surface area contributed by atoms with Crippen LogP contribution in [0.25, 0.3) is 0 Å². The van der Waals surface area contributed by atoms with E-state index in [9.17, 15) is 9.59 Å². The molecule has 1 aliphatic carbocycles. The van der Waals surface area contributed by atoms with Crippen LogP contribution in [0.3, 0.4) is 0 Å². The van der Waals surface area contributed by atoms with E-state index >= 15 is 0 Å². The van der Waals surface area contributed by atoms with Crippen LogP contribution >= 0.6 is 11.6 Å². The number of piperidine rings is 2. The van der Waals surface area contributed by atoms with Crippen molar-refractivity contribution in [1.29, 1.82) is 0 Å². The number of nitrogens with zero attached hydrogens (tertiary/aromatic N) is 2. The normalized spacial score (nSPS) is 23.0. The van der Waals surface area contributed by atoms with Crippen LogP contribution in [0.2, 0.25) is 5.02 Å². The van der Waals surface area contributed by atoms with Crippen LogP contribution in [0.5, 0.6) is 0 Å². The molecule has 0 radical (unpaired) electrons. The average molecular weight is 375 g/mol. The van der Waals surface area contributed by atoms with E-state index in [1.807, 2.05) is 34.1 Å². The molecule has 1 aromatic rings. The van der Waals surface area contributed by atoms with Crippen molar-refractivity contribution in [1.82, 2.24) is 9.80 Å². The average Bonchev–Trinajstić information content (AvgIpc) is 3.50. The quantitative estimate of drug-likeness (QED) is 0.810. The Labute approximate surface area is 160 Å². The summed E-state index contributed by atoms with van der Waals surface area (Å²) in [4.78, 5) is 29.9. The van der Waals surface area contributed by atoms with Gasteiger partial charge in [-0.3, -0.25) is 9.59 Å². The summed E-state index contributed by atoms with van der Waals surface area (Å²) in [6.07, 6.45) is 6.94. The third kappa shape index (κ3) is 3.36. The topological polar surface area (TPSA) is 40.6 Å². The van der Waals surface area contributed by atoms with Gasteiger partial charge in [0.2, 0.25) is 11.8 Å². The molecule has 3 aliphatic rings. The van der Waals surface area contributed by atoms with E-state index in [0.717, 1.165) is 57.2 Å². The van der Waals surface area contributed by atoms with E-state index in [2.05, 4.69) is 0 Å². The van der Waals surface area contributed by atoms with Crippen LogP contribution in [-0.2, 0) is 15.0 Å². The van der Waals surface area contributed by atoms with Gasteiger partial charge in [0.05, 0.1) is 5.41 Å². The van der Waals surface area contributed by atoms with Crippen molar-refractivity contribution in [2.45, 2.75) is 50.4 Å². The third-order valence-corrected chi connectivity index (χ3v) is 6.61. The highest BCUT2D eigenvalue weighted by molar-refractivity contribution is 6.30. The molecule has 4 nitrogen and oxygen atoms in total. The van der Waals surface area contributed by atoms with Gasteiger partial charge in [-0.25, -0.2) is 0 Å². The molecule has 0 aromatic heterocycles. The zero-order valence-electron chi connectivity index (χ0n) is 15.3. The number of carbonyl (C=O) groups excluding carboxylic acids is 2. The third-order valence-electron chi connectivity index (χ3n) is 6.36. The van der Waals surface area contributed by atoms with Crippen LogP contribution in [0.1, 0.15) is 50.5 Å². The number of hydrogen-bond donors (Lipinski definition) is 0. The molecular formula is C21H27ClN2O2. The number of likely N-dealkylation sites (tertiary alicyclic amines) is 2. The first kappa shape index (κ1) is 17.8. The molecule has 4 rings (SSSR count). The van der Waals surface area contributed by atoms with Gasteiger partial charge in [0.1, 0.15) is 0 Å². The highest BCUT2D eigenvalue weighted by Crippen LogP contribution is 2.50. The highest BCUT2D eigenvalue weighted by atomic mass is 35.5. The molecule has 140 valence electrons. The zero-order chi connectivity index (χ0) is 18.1. The second-order valence-electron chi connectivity index (χ2n) is 8.04. The Morgan fingerprint density at radius 1 is 0.885 bits per heavy atom. The van der Waals surface area contributed by atoms with Crippen molar-refractivity contribution in [3.63, 3.8) is 0 Å². The van der Waals surface area contributed by atoms with Crippen molar-refractivity contribution in [3.8, 4) is 0 Å². The summed E-state index contributed by atoms with van der Waals surface area (Å²) in [6, 6.07) is 7.71. The smallest absolute Gasteiger partial charge is 0.233 e. The molecule has 0 atom stereocenters. The minimum atomic E-state index is -0.339. The largest absolute Gasteiger partial charge is 0.342 e. The molecule has 1 aromatic carbocycles. The number of halogens is 1. The van der Waals surface area contributed by atoms with Crippen molar-refractivity contribution in [2.24, 2.45) is 5.92 Å². The zero-order valence-corrected chi connectivity index (χ0v) is 16.0. The molecule has 1 saturated carbocycles. The fraction of sp³-hybridized carbons (Fsp3) is 0.619. The van der Waals surface area contributed by atoms with E-state index < -0.39 is 0 Å². The second kappa shape index (κ2) is 7.22. The maximum absolute atomic E-state index is 13.1. The van der Waals surface area contributed by atoms with Gasteiger partial charge in [-0.2, -0.15) is 0 Å². The van der Waals surface area contributed by atoms with Crippen LogP contribution in [0, 0.1) is 5.92 Å². The van der Waals surface area contributed by atoms with Gasteiger partial charge >= 0.3 is 0 Å². The predicted molar refractivity (Wildman–Crippen MR) is 102 cm³/mol. The molecule has 2 amide bonds. The number of amides is 2. The molecule has 0 unspecified atom stereocenters. The van der Waals surface area contributed by atoms with Crippen LogP contribution in [0.4, 0.5) is 0 Å². The predicted octanol–water partition coefficient (Wildman–Crippen LogP) is 3.62. The summed E-state index contributed by atoms with van der Waals surface area (Å²) < 4.78 is 0. The number of rotatable bonds is 3. The number of carbonyl (C=O) groups is 2. The second-order valence-corrected chi connectivity index (χ2v) is 8.48. The summed E-state index contributed by atoms with van der Waals surface area (Å²) in [7, 11) is 0. The Morgan fingerprint density at radius 2 is 1.50 bits per heavy atom. The summed E-state index contributed by atoms with van der Waals surface area (Å²) in [6.45, 7) is 3.24. The SMILES string of the molecule is O=C(C1CCN(C(=O)C2(c3ccc(Cl)cc3)CC2)CC1)N1CCCCC1. The molecule has 0 N–H and O–H groups in total. The maximum Gasteiger partial charge on any atom is 0.233 e. The minimum absolute atomic E-state index is 0.0998. The van der Waals surface area contributed by atoms with E-state index in [-0.39, 0.29) is 17.2 Å². The molecule has 3 fully saturated rings. The lowest BCUT2D eigenvalue weighted by molar-refractivity contribution is -0.142. The summed E-state index contributed by atoms with van der Waals surface area (Å²) in [5.74, 6) is 0.655. The summed E-state index contributed by atoms with van der Waals surface area (Å²) in [5, 5.41) is 0.703. The van der Waals surface area contributed by atoms with Gasteiger partial charge < -0.3 is 9.80 Å². The Morgan fingerprint density at radius 3 is 2.08 bits per heavy atom. The van der Waals surface area contributed by atoms with E-state index in [4.69, 9.17) is 11.6 Å². The fourth-order valence-corrected chi connectivity index (χ4v) is 4.65. The Bertz CT molecular complexity index is 670. The van der Waals surface area contributed by atoms with Gasteiger partial charge in [-0.05, 0) is 62.6 Å². The molecular weight excluding hydrogens is 348 g/mol. The maximum atomic E-state index is 13.1. The van der Waals surface area contributed by atoms with Crippen molar-refractivity contribution < 1.29 is 9.59 Å². The van der Waals surface area contributed by atoms with Gasteiger partial charge in [-0.15, -0.1) is 0 Å². The first-order valence-electron chi connectivity index (χ1n) is 9.94. The van der Waals surface area contributed by atoms with E-state index in [0.29, 0.717) is 24.0 Å². The van der Waals surface area contributed by atoms with Crippen molar-refractivity contribution in [2.75, 3.05) is 26.2 Å². The van der Waals surface area contributed by atoms with Crippen molar-refractivity contribution in [3.05, 3.63) is 34.9 Å². The molecule has 2 heterocycles. The lowest BCUT2D eigenvalue weighted by Crippen LogP contribution is -2.48. The number of hydrogen-bond acceptors (Lipinski definition) is 2. The molecule has 0 spiro atoms.